The van der Waals surface area contributed by atoms with Crippen LogP contribution in [0.1, 0.15) is 33.6 Å². The number of aromatic nitrogens is 4. The minimum atomic E-state index is -0.168. The van der Waals surface area contributed by atoms with Crippen molar-refractivity contribution in [3.05, 3.63) is 119 Å². The molecule has 0 saturated carbocycles. The molecule has 0 aliphatic carbocycles. The molecule has 4 aromatic heterocycles. The van der Waals surface area contributed by atoms with Gasteiger partial charge in [-0.1, -0.05) is 48.5 Å². The van der Waals surface area contributed by atoms with Crippen LogP contribution in [0.4, 0.5) is 0 Å². The quantitative estimate of drug-likeness (QED) is 0.169. The van der Waals surface area contributed by atoms with Crippen molar-refractivity contribution in [2.45, 2.75) is 12.8 Å². The van der Waals surface area contributed by atoms with Crippen molar-refractivity contribution in [1.29, 1.82) is 0 Å². The molecule has 6 rings (SSSR count). The minimum Gasteiger partial charge on any atom is -0.352 e. The Hall–Kier alpha value is -4.80. The number of thiophene rings is 2. The summed E-state index contributed by atoms with van der Waals surface area (Å²) in [7, 11) is 0. The maximum Gasteiger partial charge on any atom is 0.255 e. The summed E-state index contributed by atoms with van der Waals surface area (Å²) in [5.74, 6) is -0.336. The number of nitrogens with zero attached hydrogens (tertiary/aromatic N) is 4. The Bertz CT molecular complexity index is 1630. The molecule has 0 bridgehead atoms. The van der Waals surface area contributed by atoms with Gasteiger partial charge in [0.2, 0.25) is 0 Å². The molecule has 0 unspecified atom stereocenters. The van der Waals surface area contributed by atoms with Crippen molar-refractivity contribution in [3.8, 4) is 32.5 Å². The van der Waals surface area contributed by atoms with Gasteiger partial charge in [0, 0.05) is 25.5 Å². The number of para-hydroxylation sites is 2. The first kappa shape index (κ1) is 27.4. The van der Waals surface area contributed by atoms with Crippen molar-refractivity contribution in [2.24, 2.45) is 0 Å². The SMILES string of the molecule is O=C(NCCCCNC(=O)c1cn(-c2ccccc2)nc1-c1cccs1)c1cn(-c2ccccc2)nc1-c1cccs1. The van der Waals surface area contributed by atoms with E-state index in [2.05, 4.69) is 10.6 Å². The van der Waals surface area contributed by atoms with Gasteiger partial charge in [0.15, 0.2) is 0 Å². The fourth-order valence-corrected chi connectivity index (χ4v) is 5.99. The number of nitrogens with one attached hydrogen (secondary N) is 2. The number of hydrogen-bond donors (Lipinski definition) is 2. The summed E-state index contributed by atoms with van der Waals surface area (Å²) in [6.45, 7) is 0.975. The molecule has 8 nitrogen and oxygen atoms in total. The average molecular weight is 593 g/mol. The Labute approximate surface area is 251 Å². The van der Waals surface area contributed by atoms with Crippen molar-refractivity contribution in [2.75, 3.05) is 13.1 Å². The van der Waals surface area contributed by atoms with Gasteiger partial charge in [0.05, 0.1) is 32.3 Å². The number of benzene rings is 2. The fraction of sp³-hybridized carbons (Fsp3) is 0.125. The predicted molar refractivity (Wildman–Crippen MR) is 168 cm³/mol. The van der Waals surface area contributed by atoms with Crippen LogP contribution in [0.5, 0.6) is 0 Å². The van der Waals surface area contributed by atoms with Crippen molar-refractivity contribution in [3.63, 3.8) is 0 Å². The highest BCUT2D eigenvalue weighted by Crippen LogP contribution is 2.29. The molecular formula is C32H28N6O2S2. The standard InChI is InChI=1S/C32H28N6O2S2/c39-31(25-21-37(23-11-3-1-4-12-23)35-29(25)27-15-9-19-41-27)33-17-7-8-18-34-32(40)26-22-38(24-13-5-2-6-14-24)36-30(26)28-16-10-20-42-28/h1-6,9-16,19-22H,7-8,17-18H2,(H,33,39)(H,34,40). The molecule has 0 aliphatic rings. The van der Waals surface area contributed by atoms with E-state index < -0.39 is 0 Å². The summed E-state index contributed by atoms with van der Waals surface area (Å²) in [5.41, 5.74) is 4.17. The van der Waals surface area contributed by atoms with E-state index in [1.807, 2.05) is 95.7 Å². The van der Waals surface area contributed by atoms with Crippen LogP contribution >= 0.6 is 22.7 Å². The van der Waals surface area contributed by atoms with E-state index in [0.29, 0.717) is 48.4 Å². The van der Waals surface area contributed by atoms with Crippen molar-refractivity contribution < 1.29 is 9.59 Å². The largest absolute Gasteiger partial charge is 0.352 e. The number of hydrogen-bond acceptors (Lipinski definition) is 6. The van der Waals surface area contributed by atoms with Gasteiger partial charge in [-0.25, -0.2) is 9.36 Å². The Balaban J connectivity index is 1.05. The molecule has 0 radical (unpaired) electrons. The smallest absolute Gasteiger partial charge is 0.255 e. The van der Waals surface area contributed by atoms with Crippen LogP contribution in [0.25, 0.3) is 32.5 Å². The molecule has 2 amide bonds. The summed E-state index contributed by atoms with van der Waals surface area (Å²) in [6, 6.07) is 27.3. The molecule has 2 N–H and O–H groups in total. The van der Waals surface area contributed by atoms with E-state index in [-0.39, 0.29) is 11.8 Å². The van der Waals surface area contributed by atoms with Gasteiger partial charge in [-0.15, -0.1) is 22.7 Å². The second-order valence-electron chi connectivity index (χ2n) is 9.52. The first-order valence-corrected chi connectivity index (χ1v) is 15.4. The molecule has 0 fully saturated rings. The van der Waals surface area contributed by atoms with E-state index in [9.17, 15) is 9.59 Å². The molecule has 0 spiro atoms. The molecule has 6 aromatic rings. The summed E-state index contributed by atoms with van der Waals surface area (Å²) in [6.07, 6.45) is 4.99. The van der Waals surface area contributed by atoms with Crippen molar-refractivity contribution in [1.82, 2.24) is 30.2 Å². The number of unbranched alkanes of at least 4 members (excludes halogenated alkanes) is 1. The van der Waals surface area contributed by atoms with E-state index in [1.165, 1.54) is 0 Å². The Morgan fingerprint density at radius 3 is 1.40 bits per heavy atom. The van der Waals surface area contributed by atoms with E-state index in [1.54, 1.807) is 44.4 Å². The zero-order valence-corrected chi connectivity index (χ0v) is 24.3. The Kier molecular flexibility index (Phi) is 8.34. The normalized spacial score (nSPS) is 11.0. The van der Waals surface area contributed by atoms with Crippen LogP contribution in [-0.4, -0.2) is 44.5 Å². The lowest BCUT2D eigenvalue weighted by Gasteiger charge is -2.07. The second-order valence-corrected chi connectivity index (χ2v) is 11.4. The highest BCUT2D eigenvalue weighted by molar-refractivity contribution is 7.13. The summed E-state index contributed by atoms with van der Waals surface area (Å²) in [5, 5.41) is 19.4. The molecule has 0 saturated heterocycles. The highest BCUT2D eigenvalue weighted by atomic mass is 32.1. The van der Waals surface area contributed by atoms with Gasteiger partial charge in [0.1, 0.15) is 11.4 Å². The first-order chi connectivity index (χ1) is 20.7. The second kappa shape index (κ2) is 12.8. The summed E-state index contributed by atoms with van der Waals surface area (Å²) >= 11 is 3.10. The molecule has 0 aliphatic heterocycles. The maximum absolute atomic E-state index is 13.2. The first-order valence-electron chi connectivity index (χ1n) is 13.6. The fourth-order valence-electron chi connectivity index (χ4n) is 4.54. The molecule has 210 valence electrons. The lowest BCUT2D eigenvalue weighted by Crippen LogP contribution is -2.27. The monoisotopic (exact) mass is 592 g/mol. The third-order valence-corrected chi connectivity index (χ3v) is 8.40. The third-order valence-electron chi connectivity index (χ3n) is 6.64. The Morgan fingerprint density at radius 1 is 0.595 bits per heavy atom. The molecule has 0 atom stereocenters. The van der Waals surface area contributed by atoms with Gasteiger partial charge < -0.3 is 10.6 Å². The van der Waals surface area contributed by atoms with Crippen LogP contribution in [0.15, 0.2) is 108 Å². The predicted octanol–water partition coefficient (Wildman–Crippen LogP) is 6.46. The topological polar surface area (TPSA) is 93.8 Å². The number of carbonyl (C=O) groups excluding carboxylic acids is 2. The van der Waals surface area contributed by atoms with Gasteiger partial charge in [-0.3, -0.25) is 9.59 Å². The zero-order chi connectivity index (χ0) is 28.7. The molecule has 10 heteroatoms. The van der Waals surface area contributed by atoms with Crippen LogP contribution < -0.4 is 10.6 Å². The van der Waals surface area contributed by atoms with E-state index in [0.717, 1.165) is 21.1 Å². The van der Waals surface area contributed by atoms with Crippen molar-refractivity contribution >= 4 is 34.5 Å². The van der Waals surface area contributed by atoms with Crippen LogP contribution in [-0.2, 0) is 0 Å². The van der Waals surface area contributed by atoms with Gasteiger partial charge >= 0.3 is 0 Å². The lowest BCUT2D eigenvalue weighted by atomic mass is 10.2. The van der Waals surface area contributed by atoms with Crippen LogP contribution in [0, 0.1) is 0 Å². The molecule has 2 aromatic carbocycles. The summed E-state index contributed by atoms with van der Waals surface area (Å²) in [4.78, 5) is 28.2. The highest BCUT2D eigenvalue weighted by Gasteiger charge is 2.20. The maximum atomic E-state index is 13.2. The van der Waals surface area contributed by atoms with Crippen LogP contribution in [0.2, 0.25) is 0 Å². The lowest BCUT2D eigenvalue weighted by molar-refractivity contribution is 0.0940. The Morgan fingerprint density at radius 2 is 1.02 bits per heavy atom. The van der Waals surface area contributed by atoms with Gasteiger partial charge in [0.25, 0.3) is 11.8 Å². The number of carbonyl (C=O) groups is 2. The molecule has 42 heavy (non-hydrogen) atoms. The van der Waals surface area contributed by atoms with Crippen LogP contribution in [0.3, 0.4) is 0 Å². The average Bonchev–Trinajstić information content (AvgIpc) is 3.85. The van der Waals surface area contributed by atoms with Gasteiger partial charge in [-0.2, -0.15) is 10.2 Å². The zero-order valence-electron chi connectivity index (χ0n) is 22.6. The molecular weight excluding hydrogens is 565 g/mol. The number of amides is 2. The minimum absolute atomic E-state index is 0.168. The number of rotatable bonds is 11. The van der Waals surface area contributed by atoms with E-state index >= 15 is 0 Å². The van der Waals surface area contributed by atoms with Gasteiger partial charge in [-0.05, 0) is 60.0 Å². The van der Waals surface area contributed by atoms with E-state index in [4.69, 9.17) is 10.2 Å². The third kappa shape index (κ3) is 6.09. The molecule has 4 heterocycles. The summed E-state index contributed by atoms with van der Waals surface area (Å²) < 4.78 is 3.48.